The van der Waals surface area contributed by atoms with Crippen LogP contribution in [-0.4, -0.2) is 68.2 Å². The predicted octanol–water partition coefficient (Wildman–Crippen LogP) is 0.433. The van der Waals surface area contributed by atoms with Crippen LogP contribution in [0.1, 0.15) is 22.3 Å². The lowest BCUT2D eigenvalue weighted by atomic mass is 9.99. The number of sulfonamides is 1. The van der Waals surface area contributed by atoms with Crippen LogP contribution in [0.4, 0.5) is 0 Å². The summed E-state index contributed by atoms with van der Waals surface area (Å²) >= 11 is 0. The molecule has 2 aliphatic rings. The second-order valence-corrected chi connectivity index (χ2v) is 8.02. The van der Waals surface area contributed by atoms with Crippen LogP contribution in [0.25, 0.3) is 0 Å². The Balaban J connectivity index is 1.81. The van der Waals surface area contributed by atoms with Crippen molar-refractivity contribution in [1.82, 2.24) is 9.21 Å². The number of rotatable bonds is 2. The van der Waals surface area contributed by atoms with Gasteiger partial charge in [0.25, 0.3) is 5.91 Å². The van der Waals surface area contributed by atoms with Gasteiger partial charge in [-0.3, -0.25) is 4.79 Å². The number of piperidine rings is 1. The summed E-state index contributed by atoms with van der Waals surface area (Å²) in [4.78, 5) is 14.3. The molecule has 2 fully saturated rings. The molecule has 3 rings (SSSR count). The molecule has 128 valence electrons. The number of carbonyl (C=O) groups excluding carboxylic acids is 1. The largest absolute Gasteiger partial charge is 0.375 e. The van der Waals surface area contributed by atoms with Gasteiger partial charge in [0.05, 0.1) is 36.6 Å². The van der Waals surface area contributed by atoms with E-state index >= 15 is 0 Å². The number of likely N-dealkylation sites (tertiary alicyclic amines) is 1. The molecule has 2 atom stereocenters. The Bertz CT molecular complexity index is 787. The fourth-order valence-electron chi connectivity index (χ4n) is 3.34. The first-order chi connectivity index (χ1) is 11.4. The van der Waals surface area contributed by atoms with Gasteiger partial charge in [0.2, 0.25) is 10.0 Å². The molecule has 2 saturated heterocycles. The minimum atomic E-state index is -3.35. The number of hydrogen-bond acceptors (Lipinski definition) is 5. The van der Waals surface area contributed by atoms with E-state index in [1.165, 1.54) is 10.6 Å². The number of amides is 1. The molecule has 1 aromatic carbocycles. The van der Waals surface area contributed by atoms with Crippen LogP contribution < -0.4 is 0 Å². The molecular formula is C16H19N3O4S. The maximum absolute atomic E-state index is 12.7. The summed E-state index contributed by atoms with van der Waals surface area (Å²) in [5.41, 5.74) is 0.865. The number of morpholine rings is 1. The van der Waals surface area contributed by atoms with Crippen molar-refractivity contribution in [3.05, 3.63) is 35.4 Å². The molecule has 2 aliphatic heterocycles. The molecule has 24 heavy (non-hydrogen) atoms. The van der Waals surface area contributed by atoms with E-state index < -0.39 is 10.0 Å². The van der Waals surface area contributed by atoms with Gasteiger partial charge in [-0.15, -0.1) is 0 Å². The molecule has 0 aliphatic carbocycles. The topological polar surface area (TPSA) is 90.7 Å². The number of benzene rings is 1. The summed E-state index contributed by atoms with van der Waals surface area (Å²) in [5, 5.41) is 8.97. The highest BCUT2D eigenvalue weighted by molar-refractivity contribution is 7.88. The maximum Gasteiger partial charge on any atom is 0.253 e. The van der Waals surface area contributed by atoms with Crippen LogP contribution in [-0.2, 0) is 14.8 Å². The van der Waals surface area contributed by atoms with Crippen molar-refractivity contribution in [2.24, 2.45) is 0 Å². The van der Waals surface area contributed by atoms with Crippen molar-refractivity contribution < 1.29 is 17.9 Å². The number of nitrogens with zero attached hydrogens (tertiary/aromatic N) is 3. The van der Waals surface area contributed by atoms with E-state index in [-0.39, 0.29) is 18.1 Å². The van der Waals surface area contributed by atoms with Crippen LogP contribution in [0.3, 0.4) is 0 Å². The third-order valence-corrected chi connectivity index (χ3v) is 5.79. The number of carbonyl (C=O) groups is 1. The first-order valence-corrected chi connectivity index (χ1v) is 9.63. The molecule has 7 nitrogen and oxygen atoms in total. The number of nitriles is 1. The highest BCUT2D eigenvalue weighted by Gasteiger charge is 2.42. The van der Waals surface area contributed by atoms with E-state index in [1.807, 2.05) is 6.07 Å². The lowest BCUT2D eigenvalue weighted by Crippen LogP contribution is -2.61. The summed E-state index contributed by atoms with van der Waals surface area (Å²) in [5.74, 6) is -0.190. The second-order valence-electron chi connectivity index (χ2n) is 6.08. The normalized spacial score (nSPS) is 24.9. The Labute approximate surface area is 141 Å². The first-order valence-electron chi connectivity index (χ1n) is 7.78. The molecule has 0 bridgehead atoms. The van der Waals surface area contributed by atoms with Gasteiger partial charge >= 0.3 is 0 Å². The minimum Gasteiger partial charge on any atom is -0.375 e. The number of ether oxygens (including phenoxy) is 1. The third-order valence-electron chi connectivity index (χ3n) is 4.49. The van der Waals surface area contributed by atoms with Crippen molar-refractivity contribution in [3.8, 4) is 6.07 Å². The maximum atomic E-state index is 12.7. The molecule has 0 spiro atoms. The average molecular weight is 349 g/mol. The van der Waals surface area contributed by atoms with Crippen molar-refractivity contribution in [3.63, 3.8) is 0 Å². The Morgan fingerprint density at radius 3 is 2.88 bits per heavy atom. The molecule has 0 saturated carbocycles. The van der Waals surface area contributed by atoms with Gasteiger partial charge in [-0.1, -0.05) is 6.07 Å². The summed E-state index contributed by atoms with van der Waals surface area (Å²) in [6.45, 7) is 1.50. The first kappa shape index (κ1) is 16.9. The van der Waals surface area contributed by atoms with Gasteiger partial charge in [0, 0.05) is 25.2 Å². The molecule has 1 aromatic rings. The van der Waals surface area contributed by atoms with Crippen LogP contribution in [0, 0.1) is 11.3 Å². The lowest BCUT2D eigenvalue weighted by Gasteiger charge is -2.45. The summed E-state index contributed by atoms with van der Waals surface area (Å²) in [7, 11) is -3.35. The number of hydrogen-bond donors (Lipinski definition) is 0. The Kier molecular flexibility index (Phi) is 4.58. The van der Waals surface area contributed by atoms with E-state index in [0.29, 0.717) is 43.8 Å². The van der Waals surface area contributed by atoms with E-state index in [0.717, 1.165) is 0 Å². The van der Waals surface area contributed by atoms with Gasteiger partial charge in [0.15, 0.2) is 0 Å². The van der Waals surface area contributed by atoms with Crippen LogP contribution in [0.2, 0.25) is 0 Å². The number of fused-ring (bicyclic) bond motifs is 1. The molecule has 1 amide bonds. The smallest absolute Gasteiger partial charge is 0.253 e. The Hall–Kier alpha value is -1.95. The van der Waals surface area contributed by atoms with Gasteiger partial charge in [-0.05, 0) is 24.6 Å². The van der Waals surface area contributed by atoms with Gasteiger partial charge < -0.3 is 9.64 Å². The molecule has 0 N–H and O–H groups in total. The van der Waals surface area contributed by atoms with Crippen molar-refractivity contribution >= 4 is 15.9 Å². The van der Waals surface area contributed by atoms with E-state index in [4.69, 9.17) is 10.00 Å². The standard InChI is InChI=1S/C16H19N3O4S/c1-24(21,22)19-7-8-23-15-5-6-18(11-14(15)19)16(20)13-4-2-3-12(9-13)10-17/h2-4,9,14-15H,5-8,11H2,1H3/t14-,15-/m0/s1. The van der Waals surface area contributed by atoms with Crippen molar-refractivity contribution in [2.45, 2.75) is 18.6 Å². The van der Waals surface area contributed by atoms with Crippen LogP contribution >= 0.6 is 0 Å². The molecule has 2 heterocycles. The van der Waals surface area contributed by atoms with Crippen molar-refractivity contribution in [2.75, 3.05) is 32.5 Å². The minimum absolute atomic E-state index is 0.178. The highest BCUT2D eigenvalue weighted by Crippen LogP contribution is 2.26. The van der Waals surface area contributed by atoms with Crippen molar-refractivity contribution in [1.29, 1.82) is 5.26 Å². The Morgan fingerprint density at radius 1 is 1.38 bits per heavy atom. The molecular weight excluding hydrogens is 330 g/mol. The van der Waals surface area contributed by atoms with E-state index in [9.17, 15) is 13.2 Å². The monoisotopic (exact) mass is 349 g/mol. The molecule has 0 unspecified atom stereocenters. The summed E-state index contributed by atoms with van der Waals surface area (Å²) in [6, 6.07) is 8.20. The summed E-state index contributed by atoms with van der Waals surface area (Å²) < 4.78 is 31.1. The lowest BCUT2D eigenvalue weighted by molar-refractivity contribution is -0.0704. The fraction of sp³-hybridized carbons (Fsp3) is 0.500. The van der Waals surface area contributed by atoms with Gasteiger partial charge in [0.1, 0.15) is 0 Å². The highest BCUT2D eigenvalue weighted by atomic mass is 32.2. The fourth-order valence-corrected chi connectivity index (χ4v) is 4.44. The quantitative estimate of drug-likeness (QED) is 0.772. The van der Waals surface area contributed by atoms with Gasteiger partial charge in [-0.2, -0.15) is 9.57 Å². The zero-order valence-corrected chi connectivity index (χ0v) is 14.2. The van der Waals surface area contributed by atoms with E-state index in [1.54, 1.807) is 29.2 Å². The zero-order chi connectivity index (χ0) is 17.3. The predicted molar refractivity (Wildman–Crippen MR) is 86.8 cm³/mol. The Morgan fingerprint density at radius 2 is 2.17 bits per heavy atom. The third kappa shape index (κ3) is 3.29. The molecule has 0 radical (unpaired) electrons. The summed E-state index contributed by atoms with van der Waals surface area (Å²) in [6.07, 6.45) is 1.61. The van der Waals surface area contributed by atoms with Crippen LogP contribution in [0.5, 0.6) is 0 Å². The average Bonchev–Trinajstić information content (AvgIpc) is 2.59. The SMILES string of the molecule is CS(=O)(=O)N1CCO[C@H]2CCN(C(=O)c3cccc(C#N)c3)C[C@@H]21. The molecule has 8 heteroatoms. The van der Waals surface area contributed by atoms with E-state index in [2.05, 4.69) is 0 Å². The van der Waals surface area contributed by atoms with Crippen LogP contribution in [0.15, 0.2) is 24.3 Å². The zero-order valence-electron chi connectivity index (χ0n) is 13.4. The second kappa shape index (κ2) is 6.51. The van der Waals surface area contributed by atoms with Gasteiger partial charge in [-0.25, -0.2) is 8.42 Å². The molecule has 0 aromatic heterocycles.